The van der Waals surface area contributed by atoms with Crippen LogP contribution in [0.1, 0.15) is 23.2 Å². The predicted molar refractivity (Wildman–Crippen MR) is 53.1 cm³/mol. The van der Waals surface area contributed by atoms with Gasteiger partial charge in [-0.25, -0.2) is 13.8 Å². The lowest BCUT2D eigenvalue weighted by atomic mass is 10.1. The van der Waals surface area contributed by atoms with Gasteiger partial charge in [0.25, 0.3) is 6.43 Å². The number of rotatable bonds is 3. The number of nitriles is 1. The summed E-state index contributed by atoms with van der Waals surface area (Å²) in [5.41, 5.74) is -0.317. The van der Waals surface area contributed by atoms with Crippen molar-refractivity contribution in [3.63, 3.8) is 0 Å². The zero-order valence-corrected chi connectivity index (χ0v) is 9.38. The van der Waals surface area contributed by atoms with E-state index < -0.39 is 6.43 Å². The molecule has 80 valence electrons. The molecule has 0 saturated heterocycles. The Hall–Kier alpha value is -1.22. The number of hydrogen-bond donors (Lipinski definition) is 0. The number of ether oxygens (including phenoxy) is 1. The third-order valence-electron chi connectivity index (χ3n) is 1.79. The highest BCUT2D eigenvalue weighted by Gasteiger charge is 2.20. The van der Waals surface area contributed by atoms with Gasteiger partial charge in [0.05, 0.1) is 30.0 Å². The Morgan fingerprint density at radius 2 is 2.33 bits per heavy atom. The standard InChI is InChI=1S/C9H7BrF2N2O/c1-15-7-2-5(4-13)8(9(11)12)6(3-10)14-7/h2,9H,3H2,1H3. The highest BCUT2D eigenvalue weighted by molar-refractivity contribution is 9.08. The summed E-state index contributed by atoms with van der Waals surface area (Å²) in [4.78, 5) is 3.84. The Labute approximate surface area is 93.8 Å². The highest BCUT2D eigenvalue weighted by atomic mass is 79.9. The van der Waals surface area contributed by atoms with Crippen LogP contribution in [0.4, 0.5) is 8.78 Å². The lowest BCUT2D eigenvalue weighted by molar-refractivity contribution is 0.149. The molecule has 0 radical (unpaired) electrons. The summed E-state index contributed by atoms with van der Waals surface area (Å²) >= 11 is 3.04. The molecule has 1 aromatic heterocycles. The van der Waals surface area contributed by atoms with Gasteiger partial charge in [-0.15, -0.1) is 0 Å². The third kappa shape index (κ3) is 2.42. The number of alkyl halides is 3. The average molecular weight is 277 g/mol. The van der Waals surface area contributed by atoms with Gasteiger partial charge in [-0.2, -0.15) is 5.26 Å². The van der Waals surface area contributed by atoms with Crippen molar-refractivity contribution in [1.29, 1.82) is 5.26 Å². The molecule has 0 aromatic carbocycles. The van der Waals surface area contributed by atoms with Crippen LogP contribution in [0.15, 0.2) is 6.07 Å². The van der Waals surface area contributed by atoms with Gasteiger partial charge in [0.2, 0.25) is 5.88 Å². The van der Waals surface area contributed by atoms with Crippen molar-refractivity contribution in [1.82, 2.24) is 4.98 Å². The van der Waals surface area contributed by atoms with Crippen molar-refractivity contribution in [3.05, 3.63) is 22.9 Å². The molecule has 0 amide bonds. The van der Waals surface area contributed by atoms with Crippen molar-refractivity contribution < 1.29 is 13.5 Å². The molecular weight excluding hydrogens is 270 g/mol. The van der Waals surface area contributed by atoms with Gasteiger partial charge in [0.15, 0.2) is 0 Å². The van der Waals surface area contributed by atoms with Crippen LogP contribution in [-0.2, 0) is 5.33 Å². The SMILES string of the molecule is COc1cc(C#N)c(C(F)F)c(CBr)n1. The second-order valence-electron chi connectivity index (χ2n) is 2.62. The van der Waals surface area contributed by atoms with E-state index in [0.29, 0.717) is 0 Å². The molecule has 0 aliphatic heterocycles. The van der Waals surface area contributed by atoms with Crippen LogP contribution < -0.4 is 4.74 Å². The van der Waals surface area contributed by atoms with Crippen molar-refractivity contribution in [3.8, 4) is 11.9 Å². The molecule has 0 fully saturated rings. The molecule has 6 heteroatoms. The largest absolute Gasteiger partial charge is 0.481 e. The minimum atomic E-state index is -2.72. The molecule has 0 aliphatic rings. The van der Waals surface area contributed by atoms with E-state index in [0.717, 1.165) is 0 Å². The predicted octanol–water partition coefficient (Wildman–Crippen LogP) is 2.79. The maximum absolute atomic E-state index is 12.6. The fourth-order valence-corrected chi connectivity index (χ4v) is 1.55. The van der Waals surface area contributed by atoms with Crippen molar-refractivity contribution in [2.45, 2.75) is 11.8 Å². The number of nitrogens with zero attached hydrogens (tertiary/aromatic N) is 2. The van der Waals surface area contributed by atoms with E-state index in [1.54, 1.807) is 6.07 Å². The minimum absolute atomic E-state index is 0.105. The molecule has 0 bridgehead atoms. The first-order valence-electron chi connectivity index (χ1n) is 3.96. The molecule has 1 rings (SSSR count). The normalized spacial score (nSPS) is 10.1. The Morgan fingerprint density at radius 3 is 2.73 bits per heavy atom. The van der Waals surface area contributed by atoms with Gasteiger partial charge in [-0.1, -0.05) is 15.9 Å². The zero-order valence-electron chi connectivity index (χ0n) is 7.80. The molecule has 0 spiro atoms. The van der Waals surface area contributed by atoms with Gasteiger partial charge in [-0.3, -0.25) is 0 Å². The summed E-state index contributed by atoms with van der Waals surface area (Å²) in [5, 5.41) is 8.88. The fourth-order valence-electron chi connectivity index (χ4n) is 1.12. The summed E-state index contributed by atoms with van der Waals surface area (Å²) < 4.78 is 30.1. The molecule has 0 aliphatic carbocycles. The fraction of sp³-hybridized carbons (Fsp3) is 0.333. The molecular formula is C9H7BrF2N2O. The summed E-state index contributed by atoms with van der Waals surface area (Å²) in [5.74, 6) is 0.158. The second kappa shape index (κ2) is 5.03. The van der Waals surface area contributed by atoms with Crippen LogP contribution in [0.25, 0.3) is 0 Å². The maximum Gasteiger partial charge on any atom is 0.266 e. The summed E-state index contributed by atoms with van der Waals surface area (Å²) in [6.45, 7) is 0. The first kappa shape index (κ1) is 11.9. The van der Waals surface area contributed by atoms with Crippen LogP contribution >= 0.6 is 15.9 Å². The van der Waals surface area contributed by atoms with Crippen molar-refractivity contribution in [2.75, 3.05) is 7.11 Å². The summed E-state index contributed by atoms with van der Waals surface area (Å²) in [6.07, 6.45) is -2.72. The Bertz CT molecular complexity index is 404. The third-order valence-corrected chi connectivity index (χ3v) is 2.32. The van der Waals surface area contributed by atoms with Crippen LogP contribution in [0, 0.1) is 11.3 Å². The lowest BCUT2D eigenvalue weighted by Gasteiger charge is -2.09. The van der Waals surface area contributed by atoms with E-state index in [2.05, 4.69) is 20.9 Å². The average Bonchev–Trinajstić information content (AvgIpc) is 2.26. The topological polar surface area (TPSA) is 45.9 Å². The van der Waals surface area contributed by atoms with E-state index >= 15 is 0 Å². The van der Waals surface area contributed by atoms with Crippen LogP contribution in [-0.4, -0.2) is 12.1 Å². The quantitative estimate of drug-likeness (QED) is 0.798. The molecule has 3 nitrogen and oxygen atoms in total. The van der Waals surface area contributed by atoms with E-state index in [1.807, 2.05) is 0 Å². The lowest BCUT2D eigenvalue weighted by Crippen LogP contribution is -2.02. The highest BCUT2D eigenvalue weighted by Crippen LogP contribution is 2.29. The Morgan fingerprint density at radius 1 is 1.67 bits per heavy atom. The van der Waals surface area contributed by atoms with Crippen molar-refractivity contribution >= 4 is 15.9 Å². The molecule has 0 saturated carbocycles. The molecule has 1 aromatic rings. The Kier molecular flexibility index (Phi) is 3.97. The van der Waals surface area contributed by atoms with Crippen molar-refractivity contribution in [2.24, 2.45) is 0 Å². The number of methoxy groups -OCH3 is 1. The number of aromatic nitrogens is 1. The van der Waals surface area contributed by atoms with Gasteiger partial charge in [0, 0.05) is 11.4 Å². The van der Waals surface area contributed by atoms with Gasteiger partial charge in [-0.05, 0) is 0 Å². The number of pyridine rings is 1. The van der Waals surface area contributed by atoms with E-state index in [4.69, 9.17) is 10.00 Å². The summed E-state index contributed by atoms with van der Waals surface area (Å²) in [6, 6.07) is 2.91. The van der Waals surface area contributed by atoms with Crippen LogP contribution in [0.2, 0.25) is 0 Å². The van der Waals surface area contributed by atoms with E-state index in [9.17, 15) is 8.78 Å². The van der Waals surface area contributed by atoms with Gasteiger partial charge in [0.1, 0.15) is 0 Å². The smallest absolute Gasteiger partial charge is 0.266 e. The van der Waals surface area contributed by atoms with Crippen LogP contribution in [0.3, 0.4) is 0 Å². The molecule has 0 unspecified atom stereocenters. The molecule has 0 atom stereocenters. The van der Waals surface area contributed by atoms with Gasteiger partial charge < -0.3 is 4.74 Å². The minimum Gasteiger partial charge on any atom is -0.481 e. The first-order valence-corrected chi connectivity index (χ1v) is 5.08. The maximum atomic E-state index is 12.6. The summed E-state index contributed by atoms with van der Waals surface area (Å²) in [7, 11) is 1.36. The van der Waals surface area contributed by atoms with E-state index in [1.165, 1.54) is 13.2 Å². The Balaban J connectivity index is 3.41. The zero-order chi connectivity index (χ0) is 11.4. The molecule has 1 heterocycles. The number of halogens is 3. The van der Waals surface area contributed by atoms with Crippen LogP contribution in [0.5, 0.6) is 5.88 Å². The van der Waals surface area contributed by atoms with E-state index in [-0.39, 0.29) is 28.0 Å². The number of hydrogen-bond acceptors (Lipinski definition) is 3. The molecule has 15 heavy (non-hydrogen) atoms. The van der Waals surface area contributed by atoms with Gasteiger partial charge >= 0.3 is 0 Å². The monoisotopic (exact) mass is 276 g/mol. The first-order chi connectivity index (χ1) is 7.13. The second-order valence-corrected chi connectivity index (χ2v) is 3.18. The molecule has 0 N–H and O–H groups in total.